The second-order valence-electron chi connectivity index (χ2n) is 2.73. The van der Waals surface area contributed by atoms with E-state index < -0.39 is 18.4 Å². The molecule has 1 rings (SSSR count). The number of alkyl halides is 4. The van der Waals surface area contributed by atoms with Crippen LogP contribution in [0.3, 0.4) is 0 Å². The first kappa shape index (κ1) is 13.4. The van der Waals surface area contributed by atoms with Crippen molar-refractivity contribution in [1.29, 1.82) is 0 Å². The molecule has 0 amide bonds. The Bertz CT molecular complexity index is 355. The fourth-order valence-corrected chi connectivity index (χ4v) is 3.84. The molecule has 0 aromatic carbocycles. The molecule has 1 aromatic heterocycles. The third-order valence-electron chi connectivity index (χ3n) is 1.72. The monoisotopic (exact) mass is 369 g/mol. The molecule has 1 heterocycles. The minimum atomic E-state index is -4.23. The minimum absolute atomic E-state index is 0.0304. The minimum Gasteiger partial charge on any atom is -0.319 e. The molecule has 1 aromatic rings. The fraction of sp³-hybridized carbons (Fsp3) is 0.429. The van der Waals surface area contributed by atoms with E-state index in [0.29, 0.717) is 7.57 Å². The number of thiophene rings is 1. The second kappa shape index (κ2) is 4.68. The molecule has 0 aliphatic heterocycles. The fourth-order valence-electron chi connectivity index (χ4n) is 0.908. The van der Waals surface area contributed by atoms with Crippen LogP contribution in [0.4, 0.5) is 17.6 Å². The van der Waals surface area contributed by atoms with Crippen molar-refractivity contribution in [3.63, 3.8) is 0 Å². The van der Waals surface area contributed by atoms with Crippen molar-refractivity contribution in [3.8, 4) is 0 Å². The lowest BCUT2D eigenvalue weighted by molar-refractivity contribution is -0.144. The molecular weight excluding hydrogens is 366 g/mol. The highest BCUT2D eigenvalue weighted by molar-refractivity contribution is 9.12. The topological polar surface area (TPSA) is 26.0 Å². The first-order valence-electron chi connectivity index (χ1n) is 3.63. The molecule has 0 bridgehead atoms. The van der Waals surface area contributed by atoms with Crippen LogP contribution in [0.25, 0.3) is 0 Å². The molecular formula is C7H5Br2F4NS. The average Bonchev–Trinajstić information content (AvgIpc) is 2.43. The predicted octanol–water partition coefficient (Wildman–Crippen LogP) is 4.17. The Labute approximate surface area is 104 Å². The first-order chi connectivity index (χ1) is 6.76. The maximum Gasteiger partial charge on any atom is 0.326 e. The van der Waals surface area contributed by atoms with Gasteiger partial charge in [0.15, 0.2) is 0 Å². The van der Waals surface area contributed by atoms with Gasteiger partial charge in [-0.25, -0.2) is 8.78 Å². The van der Waals surface area contributed by atoms with Crippen molar-refractivity contribution in [1.82, 2.24) is 0 Å². The highest BCUT2D eigenvalue weighted by Gasteiger charge is 2.48. The van der Waals surface area contributed by atoms with Crippen molar-refractivity contribution in [3.05, 3.63) is 19.2 Å². The van der Waals surface area contributed by atoms with Gasteiger partial charge in [-0.2, -0.15) is 8.78 Å². The number of hydrogen-bond donors (Lipinski definition) is 1. The number of hydrogen-bond acceptors (Lipinski definition) is 2. The molecule has 15 heavy (non-hydrogen) atoms. The quantitative estimate of drug-likeness (QED) is 0.794. The van der Waals surface area contributed by atoms with Crippen LogP contribution in [0.15, 0.2) is 13.6 Å². The highest BCUT2D eigenvalue weighted by Crippen LogP contribution is 2.42. The third kappa shape index (κ3) is 2.72. The van der Waals surface area contributed by atoms with Crippen LogP contribution in [-0.4, -0.2) is 12.3 Å². The van der Waals surface area contributed by atoms with Crippen LogP contribution in [-0.2, 0) is 0 Å². The van der Waals surface area contributed by atoms with Crippen molar-refractivity contribution in [2.45, 2.75) is 18.4 Å². The zero-order chi connectivity index (χ0) is 11.8. The molecule has 0 saturated carbocycles. The molecule has 1 unspecified atom stereocenters. The van der Waals surface area contributed by atoms with Gasteiger partial charge in [-0.15, -0.1) is 11.3 Å². The lowest BCUT2D eigenvalue weighted by atomic mass is 10.1. The highest BCUT2D eigenvalue weighted by atomic mass is 79.9. The van der Waals surface area contributed by atoms with E-state index in [9.17, 15) is 17.6 Å². The van der Waals surface area contributed by atoms with Crippen molar-refractivity contribution < 1.29 is 17.6 Å². The number of rotatable bonds is 3. The van der Waals surface area contributed by atoms with E-state index in [-0.39, 0.29) is 5.56 Å². The summed E-state index contributed by atoms with van der Waals surface area (Å²) in [6, 6.07) is -0.718. The van der Waals surface area contributed by atoms with Crippen molar-refractivity contribution in [2.24, 2.45) is 5.73 Å². The zero-order valence-electron chi connectivity index (χ0n) is 6.99. The summed E-state index contributed by atoms with van der Waals surface area (Å²) in [5.41, 5.74) is 5.08. The van der Waals surface area contributed by atoms with Gasteiger partial charge in [-0.3, -0.25) is 0 Å². The Morgan fingerprint density at radius 1 is 1.33 bits per heavy atom. The molecule has 0 fully saturated rings. The average molecular weight is 371 g/mol. The summed E-state index contributed by atoms with van der Waals surface area (Å²) in [5.74, 6) is -4.23. The lowest BCUT2D eigenvalue weighted by Gasteiger charge is -2.22. The van der Waals surface area contributed by atoms with Gasteiger partial charge in [-0.1, -0.05) is 0 Å². The van der Waals surface area contributed by atoms with E-state index in [2.05, 4.69) is 31.9 Å². The van der Waals surface area contributed by atoms with E-state index in [0.717, 1.165) is 11.3 Å². The zero-order valence-corrected chi connectivity index (χ0v) is 11.0. The van der Waals surface area contributed by atoms with Gasteiger partial charge < -0.3 is 5.73 Å². The molecule has 1 nitrogen and oxygen atoms in total. The van der Waals surface area contributed by atoms with E-state index in [1.165, 1.54) is 6.07 Å². The van der Waals surface area contributed by atoms with E-state index in [4.69, 9.17) is 5.73 Å². The van der Waals surface area contributed by atoms with Crippen LogP contribution in [0, 0.1) is 0 Å². The van der Waals surface area contributed by atoms with Gasteiger partial charge in [0, 0.05) is 5.56 Å². The van der Waals surface area contributed by atoms with E-state index in [1.54, 1.807) is 0 Å². The second-order valence-corrected chi connectivity index (χ2v) is 6.48. The largest absolute Gasteiger partial charge is 0.326 e. The van der Waals surface area contributed by atoms with Crippen molar-refractivity contribution in [2.75, 3.05) is 0 Å². The maximum absolute atomic E-state index is 12.9. The summed E-state index contributed by atoms with van der Waals surface area (Å²) in [6.45, 7) is 0. The van der Waals surface area contributed by atoms with Crippen LogP contribution in [0.2, 0.25) is 0 Å². The molecule has 0 aliphatic rings. The smallest absolute Gasteiger partial charge is 0.319 e. The Balaban J connectivity index is 3.04. The Morgan fingerprint density at radius 2 is 1.87 bits per heavy atom. The summed E-state index contributed by atoms with van der Waals surface area (Å²) in [7, 11) is 0. The van der Waals surface area contributed by atoms with Gasteiger partial charge >= 0.3 is 12.3 Å². The normalized spacial score (nSPS) is 14.7. The third-order valence-corrected chi connectivity index (χ3v) is 4.11. The Morgan fingerprint density at radius 3 is 2.20 bits per heavy atom. The maximum atomic E-state index is 12.9. The molecule has 86 valence electrons. The summed E-state index contributed by atoms with van der Waals surface area (Å²) in [6.07, 6.45) is -3.78. The summed E-state index contributed by atoms with van der Waals surface area (Å²) in [4.78, 5) is 0. The van der Waals surface area contributed by atoms with Crippen LogP contribution in [0.5, 0.6) is 0 Å². The van der Waals surface area contributed by atoms with Crippen LogP contribution < -0.4 is 5.73 Å². The molecule has 0 aliphatic carbocycles. The first-order valence-corrected chi connectivity index (χ1v) is 6.03. The van der Waals surface area contributed by atoms with Gasteiger partial charge in [0.1, 0.15) is 6.04 Å². The summed E-state index contributed by atoms with van der Waals surface area (Å²) in [5, 5.41) is 0. The van der Waals surface area contributed by atoms with Gasteiger partial charge in [0.25, 0.3) is 0 Å². The van der Waals surface area contributed by atoms with Crippen molar-refractivity contribution >= 4 is 43.2 Å². The lowest BCUT2D eigenvalue weighted by Crippen LogP contribution is -2.39. The molecule has 0 saturated heterocycles. The van der Waals surface area contributed by atoms with Gasteiger partial charge in [0.05, 0.1) is 7.57 Å². The molecule has 0 radical (unpaired) electrons. The van der Waals surface area contributed by atoms with Crippen LogP contribution >= 0.6 is 43.2 Å². The molecule has 2 N–H and O–H groups in total. The number of halogens is 6. The van der Waals surface area contributed by atoms with E-state index >= 15 is 0 Å². The molecule has 8 heteroatoms. The molecule has 0 spiro atoms. The van der Waals surface area contributed by atoms with Gasteiger partial charge in [0.2, 0.25) is 0 Å². The standard InChI is InChI=1S/C7H5Br2F4NS/c8-3-1-2(5(9)15-3)4(14)7(12,13)6(10)11/h1,4,6H,14H2. The van der Waals surface area contributed by atoms with Crippen LogP contribution in [0.1, 0.15) is 11.6 Å². The molecule has 1 atom stereocenters. The summed E-state index contributed by atoms with van der Waals surface area (Å²) < 4.78 is 50.8. The van der Waals surface area contributed by atoms with E-state index in [1.807, 2.05) is 0 Å². The predicted molar refractivity (Wildman–Crippen MR) is 57.6 cm³/mol. The SMILES string of the molecule is NC(c1cc(Br)sc1Br)C(F)(F)C(F)F. The number of nitrogens with two attached hydrogens (primary N) is 1. The Hall–Kier alpha value is 0.340. The Kier molecular flexibility index (Phi) is 4.19. The summed E-state index contributed by atoms with van der Waals surface area (Å²) >= 11 is 7.15. The van der Waals surface area contributed by atoms with Gasteiger partial charge in [-0.05, 0) is 37.9 Å².